The lowest BCUT2D eigenvalue weighted by Crippen LogP contribution is -2.35. The van der Waals surface area contributed by atoms with Crippen molar-refractivity contribution < 1.29 is 5.11 Å². The van der Waals surface area contributed by atoms with E-state index >= 15 is 0 Å². The van der Waals surface area contributed by atoms with Crippen LogP contribution in [-0.2, 0) is 6.54 Å². The molecule has 100 valence electrons. The number of hydrogen-bond donors (Lipinski definition) is 2. The van der Waals surface area contributed by atoms with E-state index in [-0.39, 0.29) is 5.75 Å². The van der Waals surface area contributed by atoms with Crippen molar-refractivity contribution in [2.45, 2.75) is 52.1 Å². The van der Waals surface area contributed by atoms with Crippen LogP contribution >= 0.6 is 11.6 Å². The second-order valence-electron chi connectivity index (χ2n) is 6.07. The van der Waals surface area contributed by atoms with Crippen molar-refractivity contribution in [3.8, 4) is 5.75 Å². The summed E-state index contributed by atoms with van der Waals surface area (Å²) in [7, 11) is 0. The first-order chi connectivity index (χ1) is 8.48. The van der Waals surface area contributed by atoms with E-state index in [1.54, 1.807) is 6.07 Å². The van der Waals surface area contributed by atoms with Crippen LogP contribution in [0.1, 0.15) is 45.1 Å². The van der Waals surface area contributed by atoms with Crippen molar-refractivity contribution in [2.75, 3.05) is 0 Å². The summed E-state index contributed by atoms with van der Waals surface area (Å²) in [4.78, 5) is 0. The molecule has 2 nitrogen and oxygen atoms in total. The van der Waals surface area contributed by atoms with Crippen LogP contribution in [-0.4, -0.2) is 11.1 Å². The maximum atomic E-state index is 9.84. The van der Waals surface area contributed by atoms with Gasteiger partial charge >= 0.3 is 0 Å². The Morgan fingerprint density at radius 2 is 2.00 bits per heavy atom. The van der Waals surface area contributed by atoms with Crippen molar-refractivity contribution in [3.63, 3.8) is 0 Å². The van der Waals surface area contributed by atoms with Gasteiger partial charge in [-0.25, -0.2) is 0 Å². The van der Waals surface area contributed by atoms with Crippen LogP contribution in [0.2, 0.25) is 5.02 Å². The van der Waals surface area contributed by atoms with Gasteiger partial charge in [-0.3, -0.25) is 0 Å². The molecule has 0 bridgehead atoms. The van der Waals surface area contributed by atoms with Crippen molar-refractivity contribution >= 4 is 11.6 Å². The van der Waals surface area contributed by atoms with Gasteiger partial charge in [-0.2, -0.15) is 0 Å². The minimum Gasteiger partial charge on any atom is -0.506 e. The van der Waals surface area contributed by atoms with E-state index in [1.165, 1.54) is 25.7 Å². The first kappa shape index (κ1) is 13.7. The summed E-state index contributed by atoms with van der Waals surface area (Å²) in [5.74, 6) is 0.211. The molecule has 0 amide bonds. The fraction of sp³-hybridized carbons (Fsp3) is 0.600. The average molecular weight is 268 g/mol. The molecule has 2 rings (SSSR count). The quantitative estimate of drug-likeness (QED) is 0.864. The molecule has 3 heteroatoms. The van der Waals surface area contributed by atoms with Crippen molar-refractivity contribution in [1.29, 1.82) is 0 Å². The van der Waals surface area contributed by atoms with Crippen LogP contribution in [0.4, 0.5) is 0 Å². The molecule has 0 unspecified atom stereocenters. The minimum atomic E-state index is 0.211. The SMILES string of the molecule is CC1(C)CCC(NCc2cccc(Cl)c2O)CC1. The van der Waals surface area contributed by atoms with Crippen LogP contribution in [0, 0.1) is 5.41 Å². The third kappa shape index (κ3) is 3.39. The zero-order valence-corrected chi connectivity index (χ0v) is 11.9. The molecule has 0 heterocycles. The highest BCUT2D eigenvalue weighted by Gasteiger charge is 2.26. The van der Waals surface area contributed by atoms with E-state index in [0.717, 1.165) is 5.56 Å². The maximum Gasteiger partial charge on any atom is 0.138 e. The van der Waals surface area contributed by atoms with Crippen LogP contribution in [0.3, 0.4) is 0 Å². The van der Waals surface area contributed by atoms with Crippen LogP contribution in [0.15, 0.2) is 18.2 Å². The number of hydrogen-bond acceptors (Lipinski definition) is 2. The predicted octanol–water partition coefficient (Wildman–Crippen LogP) is 4.10. The van der Waals surface area contributed by atoms with E-state index < -0.39 is 0 Å². The van der Waals surface area contributed by atoms with E-state index in [2.05, 4.69) is 19.2 Å². The molecule has 1 saturated carbocycles. The summed E-state index contributed by atoms with van der Waals surface area (Å²) in [6.45, 7) is 5.37. The number of phenols is 1. The van der Waals surface area contributed by atoms with Crippen molar-refractivity contribution in [3.05, 3.63) is 28.8 Å². The van der Waals surface area contributed by atoms with Crippen LogP contribution < -0.4 is 5.32 Å². The molecule has 1 aromatic rings. The second-order valence-corrected chi connectivity index (χ2v) is 6.47. The van der Waals surface area contributed by atoms with E-state index in [1.807, 2.05) is 12.1 Å². The monoisotopic (exact) mass is 267 g/mol. The lowest BCUT2D eigenvalue weighted by Gasteiger charge is -2.34. The number of para-hydroxylation sites is 1. The van der Waals surface area contributed by atoms with Gasteiger partial charge in [0.2, 0.25) is 0 Å². The van der Waals surface area contributed by atoms with Gasteiger partial charge in [0.05, 0.1) is 5.02 Å². The Labute approximate surface area is 114 Å². The summed E-state index contributed by atoms with van der Waals surface area (Å²) in [5.41, 5.74) is 1.38. The number of phenolic OH excluding ortho intramolecular Hbond substituents is 1. The molecule has 18 heavy (non-hydrogen) atoms. The molecule has 0 aromatic heterocycles. The van der Waals surface area contributed by atoms with Crippen LogP contribution in [0.5, 0.6) is 5.75 Å². The standard InChI is InChI=1S/C15H22ClNO/c1-15(2)8-6-12(7-9-15)17-10-11-4-3-5-13(16)14(11)18/h3-5,12,17-18H,6-10H2,1-2H3. The van der Waals surface area contributed by atoms with Gasteiger partial charge in [-0.05, 0) is 37.2 Å². The Bertz CT molecular complexity index is 407. The zero-order valence-electron chi connectivity index (χ0n) is 11.2. The van der Waals surface area contributed by atoms with Crippen LogP contribution in [0.25, 0.3) is 0 Å². The second kappa shape index (κ2) is 5.50. The van der Waals surface area contributed by atoms with Gasteiger partial charge in [-0.1, -0.05) is 37.6 Å². The molecule has 2 N–H and O–H groups in total. The lowest BCUT2D eigenvalue weighted by atomic mass is 9.75. The molecule has 0 spiro atoms. The summed E-state index contributed by atoms with van der Waals surface area (Å²) in [6.07, 6.45) is 4.97. The van der Waals surface area contributed by atoms with Gasteiger partial charge in [0.1, 0.15) is 5.75 Å². The molecule has 1 aromatic carbocycles. The number of nitrogens with one attached hydrogen (secondary N) is 1. The largest absolute Gasteiger partial charge is 0.506 e. The summed E-state index contributed by atoms with van der Waals surface area (Å²) >= 11 is 5.89. The number of halogens is 1. The van der Waals surface area contributed by atoms with Gasteiger partial charge in [0, 0.05) is 18.2 Å². The maximum absolute atomic E-state index is 9.84. The smallest absolute Gasteiger partial charge is 0.138 e. The first-order valence-electron chi connectivity index (χ1n) is 6.68. The van der Waals surface area contributed by atoms with E-state index in [0.29, 0.717) is 23.0 Å². The molecular weight excluding hydrogens is 246 g/mol. The first-order valence-corrected chi connectivity index (χ1v) is 7.05. The van der Waals surface area contributed by atoms with E-state index in [4.69, 9.17) is 11.6 Å². The molecule has 0 radical (unpaired) electrons. The predicted molar refractivity (Wildman–Crippen MR) is 76.0 cm³/mol. The van der Waals surface area contributed by atoms with Crippen molar-refractivity contribution in [1.82, 2.24) is 5.32 Å². The minimum absolute atomic E-state index is 0.211. The summed E-state index contributed by atoms with van der Waals surface area (Å²) in [5, 5.41) is 13.8. The molecule has 0 aliphatic heterocycles. The summed E-state index contributed by atoms with van der Waals surface area (Å²) < 4.78 is 0. The van der Waals surface area contributed by atoms with Crippen molar-refractivity contribution in [2.24, 2.45) is 5.41 Å². The topological polar surface area (TPSA) is 32.3 Å². The van der Waals surface area contributed by atoms with E-state index in [9.17, 15) is 5.11 Å². The number of benzene rings is 1. The zero-order chi connectivity index (χ0) is 13.2. The molecule has 1 fully saturated rings. The van der Waals surface area contributed by atoms with Gasteiger partial charge in [0.25, 0.3) is 0 Å². The number of aromatic hydroxyl groups is 1. The fourth-order valence-electron chi connectivity index (χ4n) is 2.56. The Morgan fingerprint density at radius 1 is 1.33 bits per heavy atom. The third-order valence-electron chi connectivity index (χ3n) is 3.99. The van der Waals surface area contributed by atoms with Gasteiger partial charge in [-0.15, -0.1) is 0 Å². The average Bonchev–Trinajstić information content (AvgIpc) is 2.33. The molecular formula is C15H22ClNO. The fourth-order valence-corrected chi connectivity index (χ4v) is 2.75. The molecule has 0 atom stereocenters. The Morgan fingerprint density at radius 3 is 2.67 bits per heavy atom. The molecule has 0 saturated heterocycles. The molecule has 1 aliphatic carbocycles. The van der Waals surface area contributed by atoms with Gasteiger partial charge < -0.3 is 10.4 Å². The van der Waals surface area contributed by atoms with Gasteiger partial charge in [0.15, 0.2) is 0 Å². The number of rotatable bonds is 3. The molecule has 1 aliphatic rings. The Kier molecular flexibility index (Phi) is 4.18. The highest BCUT2D eigenvalue weighted by molar-refractivity contribution is 6.32. The Balaban J connectivity index is 1.87. The summed E-state index contributed by atoms with van der Waals surface area (Å²) in [6, 6.07) is 6.07. The highest BCUT2D eigenvalue weighted by Crippen LogP contribution is 2.35. The lowest BCUT2D eigenvalue weighted by molar-refractivity contribution is 0.205. The normalized spacial score (nSPS) is 19.9. The third-order valence-corrected chi connectivity index (χ3v) is 4.30. The Hall–Kier alpha value is -0.730. The highest BCUT2D eigenvalue weighted by atomic mass is 35.5.